The van der Waals surface area contributed by atoms with Crippen LogP contribution in [0.4, 0.5) is 4.39 Å². The van der Waals surface area contributed by atoms with Crippen LogP contribution in [0.3, 0.4) is 0 Å². The van der Waals surface area contributed by atoms with Crippen LogP contribution in [0.2, 0.25) is 5.02 Å². The Morgan fingerprint density at radius 2 is 1.72 bits per heavy atom. The van der Waals surface area contributed by atoms with Crippen LogP contribution in [0.5, 0.6) is 0 Å². The molecule has 0 aliphatic rings. The van der Waals surface area contributed by atoms with Gasteiger partial charge in [0.05, 0.1) is 0 Å². The largest absolute Gasteiger partial charge is 0.488 e. The topological polar surface area (TPSA) is 40.5 Å². The summed E-state index contributed by atoms with van der Waals surface area (Å²) >= 11 is 5.68. The van der Waals surface area contributed by atoms with Gasteiger partial charge in [-0.25, -0.2) is 4.39 Å². The van der Waals surface area contributed by atoms with Crippen LogP contribution in [0.1, 0.15) is 11.1 Å². The molecule has 18 heavy (non-hydrogen) atoms. The normalized spacial score (nSPS) is 10.4. The molecule has 0 bridgehead atoms. The highest BCUT2D eigenvalue weighted by Crippen LogP contribution is 2.17. The molecule has 0 atom stereocenters. The predicted molar refractivity (Wildman–Crippen MR) is 70.5 cm³/mol. The lowest BCUT2D eigenvalue weighted by Gasteiger charge is -2.05. The summed E-state index contributed by atoms with van der Waals surface area (Å²) in [6.07, 6.45) is 0.435. The van der Waals surface area contributed by atoms with E-state index in [9.17, 15) is 4.39 Å². The molecule has 0 aromatic heterocycles. The van der Waals surface area contributed by atoms with Gasteiger partial charge in [0.25, 0.3) is 0 Å². The molecule has 0 amide bonds. The van der Waals surface area contributed by atoms with E-state index in [4.69, 9.17) is 21.6 Å². The summed E-state index contributed by atoms with van der Waals surface area (Å²) in [6, 6.07) is 11.3. The summed E-state index contributed by atoms with van der Waals surface area (Å²) in [5.41, 5.74) is 1.85. The van der Waals surface area contributed by atoms with Crippen LogP contribution in [-0.4, -0.2) is 17.2 Å². The summed E-state index contributed by atoms with van der Waals surface area (Å²) in [5, 5.41) is 18.3. The molecule has 5 heteroatoms. The van der Waals surface area contributed by atoms with E-state index in [0.29, 0.717) is 22.5 Å². The lowest BCUT2D eigenvalue weighted by atomic mass is 9.80. The van der Waals surface area contributed by atoms with E-state index in [1.54, 1.807) is 36.4 Å². The molecule has 92 valence electrons. The Kier molecular flexibility index (Phi) is 4.02. The fraction of sp³-hybridized carbons (Fsp3) is 0.0769. The molecule has 0 saturated heterocycles. The molecule has 0 radical (unpaired) electrons. The Bertz CT molecular complexity index is 543. The van der Waals surface area contributed by atoms with Crippen molar-refractivity contribution in [3.8, 4) is 0 Å². The standard InChI is InChI=1S/C13H11BClFO2/c15-12-6-3-10(13(16)8-12)7-9-1-4-11(5-2-9)14(17)18/h1-6,8,17-18H,7H2. The molecule has 0 heterocycles. The summed E-state index contributed by atoms with van der Waals surface area (Å²) in [7, 11) is -1.48. The minimum Gasteiger partial charge on any atom is -0.423 e. The maximum atomic E-state index is 13.6. The summed E-state index contributed by atoms with van der Waals surface area (Å²) in [6.45, 7) is 0. The molecule has 2 nitrogen and oxygen atoms in total. The van der Waals surface area contributed by atoms with Crippen molar-refractivity contribution in [1.29, 1.82) is 0 Å². The lowest BCUT2D eigenvalue weighted by Crippen LogP contribution is -2.29. The fourth-order valence-corrected chi connectivity index (χ4v) is 1.85. The van der Waals surface area contributed by atoms with Crippen LogP contribution in [0.25, 0.3) is 0 Å². The van der Waals surface area contributed by atoms with Gasteiger partial charge in [0.2, 0.25) is 0 Å². The Hall–Kier alpha value is -1.36. The highest BCUT2D eigenvalue weighted by Gasteiger charge is 2.10. The van der Waals surface area contributed by atoms with E-state index >= 15 is 0 Å². The summed E-state index contributed by atoms with van der Waals surface area (Å²) in [5.74, 6) is -0.339. The number of benzene rings is 2. The molecule has 0 aliphatic carbocycles. The predicted octanol–water partition coefficient (Wildman–Crippen LogP) is 1.75. The summed E-state index contributed by atoms with van der Waals surface area (Å²) in [4.78, 5) is 0. The third-order valence-electron chi connectivity index (χ3n) is 2.69. The molecular formula is C13H11BClFO2. The first-order chi connectivity index (χ1) is 8.56. The zero-order chi connectivity index (χ0) is 13.1. The van der Waals surface area contributed by atoms with Gasteiger partial charge in [0.15, 0.2) is 0 Å². The summed E-state index contributed by atoms with van der Waals surface area (Å²) < 4.78 is 13.6. The van der Waals surface area contributed by atoms with E-state index in [1.165, 1.54) is 6.07 Å². The van der Waals surface area contributed by atoms with Crippen molar-refractivity contribution in [3.63, 3.8) is 0 Å². The van der Waals surface area contributed by atoms with Gasteiger partial charge < -0.3 is 10.0 Å². The molecule has 2 aromatic rings. The third-order valence-corrected chi connectivity index (χ3v) is 2.92. The van der Waals surface area contributed by atoms with Crippen LogP contribution in [-0.2, 0) is 6.42 Å². The minimum atomic E-state index is -1.48. The zero-order valence-corrected chi connectivity index (χ0v) is 10.2. The molecule has 2 N–H and O–H groups in total. The van der Waals surface area contributed by atoms with E-state index in [1.807, 2.05) is 0 Å². The van der Waals surface area contributed by atoms with Crippen molar-refractivity contribution in [3.05, 3.63) is 64.4 Å². The molecule has 0 fully saturated rings. The monoisotopic (exact) mass is 264 g/mol. The van der Waals surface area contributed by atoms with Crippen molar-refractivity contribution >= 4 is 24.2 Å². The van der Waals surface area contributed by atoms with Crippen LogP contribution in [0, 0.1) is 5.82 Å². The third kappa shape index (κ3) is 3.10. The second-order valence-electron chi connectivity index (χ2n) is 4.03. The quantitative estimate of drug-likeness (QED) is 0.829. The van der Waals surface area contributed by atoms with Crippen LogP contribution in [0.15, 0.2) is 42.5 Å². The number of hydrogen-bond donors (Lipinski definition) is 2. The van der Waals surface area contributed by atoms with Gasteiger partial charge in [-0.3, -0.25) is 0 Å². The Labute approximate surface area is 110 Å². The number of hydrogen-bond acceptors (Lipinski definition) is 2. The zero-order valence-electron chi connectivity index (χ0n) is 9.48. The van der Waals surface area contributed by atoms with Gasteiger partial charge >= 0.3 is 7.12 Å². The molecule has 0 aliphatic heterocycles. The minimum absolute atomic E-state index is 0.339. The maximum Gasteiger partial charge on any atom is 0.488 e. The van der Waals surface area contributed by atoms with Gasteiger partial charge in [-0.2, -0.15) is 0 Å². The molecular weight excluding hydrogens is 253 g/mol. The smallest absolute Gasteiger partial charge is 0.423 e. The lowest BCUT2D eigenvalue weighted by molar-refractivity contribution is 0.426. The first-order valence-electron chi connectivity index (χ1n) is 5.45. The maximum absolute atomic E-state index is 13.6. The van der Waals surface area contributed by atoms with Crippen molar-refractivity contribution in [2.45, 2.75) is 6.42 Å². The average molecular weight is 264 g/mol. The number of rotatable bonds is 3. The fourth-order valence-electron chi connectivity index (χ4n) is 1.69. The SMILES string of the molecule is OB(O)c1ccc(Cc2ccc(Cl)cc2F)cc1. The van der Waals surface area contributed by atoms with Gasteiger partial charge in [0.1, 0.15) is 5.82 Å². The number of halogens is 2. The molecule has 0 saturated carbocycles. The molecule has 2 rings (SSSR count). The Morgan fingerprint density at radius 1 is 1.06 bits per heavy atom. The van der Waals surface area contributed by atoms with E-state index in [-0.39, 0.29) is 5.82 Å². The van der Waals surface area contributed by atoms with Gasteiger partial charge in [-0.15, -0.1) is 0 Å². The van der Waals surface area contributed by atoms with Crippen molar-refractivity contribution in [2.24, 2.45) is 0 Å². The Balaban J connectivity index is 2.18. The second-order valence-corrected chi connectivity index (χ2v) is 4.46. The van der Waals surface area contributed by atoms with Gasteiger partial charge in [0, 0.05) is 11.4 Å². The van der Waals surface area contributed by atoms with E-state index in [2.05, 4.69) is 0 Å². The van der Waals surface area contributed by atoms with Crippen LogP contribution >= 0.6 is 11.6 Å². The second kappa shape index (κ2) is 5.52. The molecule has 0 unspecified atom stereocenters. The highest BCUT2D eigenvalue weighted by atomic mass is 35.5. The highest BCUT2D eigenvalue weighted by molar-refractivity contribution is 6.58. The van der Waals surface area contributed by atoms with Gasteiger partial charge in [-0.1, -0.05) is 41.9 Å². The van der Waals surface area contributed by atoms with E-state index < -0.39 is 7.12 Å². The van der Waals surface area contributed by atoms with Crippen molar-refractivity contribution in [1.82, 2.24) is 0 Å². The van der Waals surface area contributed by atoms with E-state index in [0.717, 1.165) is 5.56 Å². The molecule has 0 spiro atoms. The Morgan fingerprint density at radius 3 is 2.28 bits per heavy atom. The first-order valence-corrected chi connectivity index (χ1v) is 5.83. The average Bonchev–Trinajstić information content (AvgIpc) is 2.33. The molecule has 2 aromatic carbocycles. The van der Waals surface area contributed by atoms with Crippen LogP contribution < -0.4 is 5.46 Å². The van der Waals surface area contributed by atoms with Crippen molar-refractivity contribution in [2.75, 3.05) is 0 Å². The van der Waals surface area contributed by atoms with Crippen molar-refractivity contribution < 1.29 is 14.4 Å². The van der Waals surface area contributed by atoms with Gasteiger partial charge in [-0.05, 0) is 28.7 Å². The first kappa shape index (κ1) is 13.1.